The van der Waals surface area contributed by atoms with Gasteiger partial charge < -0.3 is 4.74 Å². The first-order valence-corrected chi connectivity index (χ1v) is 8.92. The number of carbonyl (C=O) groups is 1. The van der Waals surface area contributed by atoms with E-state index in [0.717, 1.165) is 24.0 Å². The molecule has 0 saturated heterocycles. The second kappa shape index (κ2) is 8.14. The molecule has 1 fully saturated rings. The van der Waals surface area contributed by atoms with Crippen molar-refractivity contribution in [3.05, 3.63) is 35.1 Å². The van der Waals surface area contributed by atoms with E-state index in [9.17, 15) is 9.18 Å². The van der Waals surface area contributed by atoms with Crippen molar-refractivity contribution < 1.29 is 13.9 Å². The molecule has 1 aliphatic rings. The van der Waals surface area contributed by atoms with E-state index >= 15 is 0 Å². The molecule has 23 heavy (non-hydrogen) atoms. The van der Waals surface area contributed by atoms with E-state index in [-0.39, 0.29) is 18.2 Å². The normalized spacial score (nSPS) is 18.4. The van der Waals surface area contributed by atoms with Crippen molar-refractivity contribution in [1.82, 2.24) is 0 Å². The second-order valence-electron chi connectivity index (χ2n) is 6.76. The highest BCUT2D eigenvalue weighted by Crippen LogP contribution is 2.35. The average Bonchev–Trinajstić information content (AvgIpc) is 2.47. The maximum Gasteiger partial charge on any atom is 0.307 e. The number of ether oxygens (including phenoxy) is 1. The van der Waals surface area contributed by atoms with Gasteiger partial charge in [-0.1, -0.05) is 31.4 Å². The fourth-order valence-electron chi connectivity index (χ4n) is 3.43. The average molecular weight is 341 g/mol. The van der Waals surface area contributed by atoms with E-state index in [1.807, 2.05) is 12.1 Å². The molecule has 1 aromatic rings. The quantitative estimate of drug-likeness (QED) is 0.514. The number of esters is 1. The van der Waals surface area contributed by atoms with Crippen molar-refractivity contribution in [3.63, 3.8) is 0 Å². The molecule has 1 atom stereocenters. The Morgan fingerprint density at radius 2 is 2.04 bits per heavy atom. The molecule has 0 bridgehead atoms. The van der Waals surface area contributed by atoms with Crippen LogP contribution in [0, 0.1) is 5.82 Å². The van der Waals surface area contributed by atoms with Gasteiger partial charge in [-0.15, -0.1) is 11.6 Å². The van der Waals surface area contributed by atoms with Gasteiger partial charge >= 0.3 is 5.97 Å². The number of halogens is 2. The topological polar surface area (TPSA) is 26.3 Å². The number of hydrogen-bond donors (Lipinski definition) is 0. The van der Waals surface area contributed by atoms with Gasteiger partial charge in [0.05, 0.1) is 17.9 Å². The third kappa shape index (κ3) is 5.49. The lowest BCUT2D eigenvalue weighted by Crippen LogP contribution is -2.25. The van der Waals surface area contributed by atoms with Gasteiger partial charge in [0.1, 0.15) is 5.82 Å². The Morgan fingerprint density at radius 3 is 2.65 bits per heavy atom. The minimum atomic E-state index is -0.759. The molecule has 1 aliphatic carbocycles. The predicted molar refractivity (Wildman–Crippen MR) is 91.4 cm³/mol. The molecule has 2 rings (SSSR count). The Kier molecular flexibility index (Phi) is 6.46. The van der Waals surface area contributed by atoms with Crippen molar-refractivity contribution in [3.8, 4) is 0 Å². The fraction of sp³-hybridized carbons (Fsp3) is 0.632. The summed E-state index contributed by atoms with van der Waals surface area (Å²) in [5, 5.41) is 0. The number of hydrogen-bond acceptors (Lipinski definition) is 2. The molecule has 0 amide bonds. The molecule has 0 aromatic heterocycles. The molecule has 128 valence electrons. The highest BCUT2D eigenvalue weighted by atomic mass is 35.5. The van der Waals surface area contributed by atoms with Crippen LogP contribution < -0.4 is 0 Å². The van der Waals surface area contributed by atoms with Gasteiger partial charge in [-0.05, 0) is 56.2 Å². The number of benzene rings is 1. The first-order chi connectivity index (χ1) is 10.9. The number of carbonyl (C=O) groups excluding carboxylic acids is 1. The smallest absolute Gasteiger partial charge is 0.307 e. The van der Waals surface area contributed by atoms with E-state index in [1.165, 1.54) is 19.3 Å². The van der Waals surface area contributed by atoms with Crippen LogP contribution >= 0.6 is 11.6 Å². The van der Waals surface area contributed by atoms with Crippen LogP contribution in [-0.4, -0.2) is 17.5 Å². The summed E-state index contributed by atoms with van der Waals surface area (Å²) >= 11 is 6.42. The van der Waals surface area contributed by atoms with Gasteiger partial charge in [-0.25, -0.2) is 4.39 Å². The third-order valence-corrected chi connectivity index (χ3v) is 4.77. The molecule has 0 spiro atoms. The van der Waals surface area contributed by atoms with Crippen LogP contribution in [0.1, 0.15) is 69.4 Å². The van der Waals surface area contributed by atoms with Crippen molar-refractivity contribution in [2.75, 3.05) is 6.61 Å². The van der Waals surface area contributed by atoms with Crippen molar-refractivity contribution in [2.45, 2.75) is 69.6 Å². The van der Waals surface area contributed by atoms with E-state index in [1.54, 1.807) is 19.9 Å². The fourth-order valence-corrected chi connectivity index (χ4v) is 3.69. The molecular formula is C19H26ClFO2. The molecule has 0 N–H and O–H groups in total. The summed E-state index contributed by atoms with van der Waals surface area (Å²) in [6.45, 7) is 3.90. The minimum Gasteiger partial charge on any atom is -0.466 e. The Morgan fingerprint density at radius 1 is 1.35 bits per heavy atom. The van der Waals surface area contributed by atoms with Crippen LogP contribution in [0.5, 0.6) is 0 Å². The first-order valence-electron chi connectivity index (χ1n) is 8.54. The monoisotopic (exact) mass is 340 g/mol. The molecule has 4 heteroatoms. The van der Waals surface area contributed by atoms with Gasteiger partial charge in [0.25, 0.3) is 0 Å². The van der Waals surface area contributed by atoms with Gasteiger partial charge in [-0.2, -0.15) is 0 Å². The highest BCUT2D eigenvalue weighted by molar-refractivity contribution is 6.24. The molecule has 2 nitrogen and oxygen atoms in total. The molecule has 0 heterocycles. The molecule has 0 radical (unpaired) electrons. The Balaban J connectivity index is 2.03. The summed E-state index contributed by atoms with van der Waals surface area (Å²) in [5.41, 5.74) is 1.65. The molecule has 0 aliphatic heterocycles. The van der Waals surface area contributed by atoms with Gasteiger partial charge in [0.15, 0.2) is 0 Å². The maximum atomic E-state index is 14.5. The van der Waals surface area contributed by atoms with Crippen molar-refractivity contribution in [2.24, 2.45) is 0 Å². The standard InChI is InChI=1S/C19H26ClFO2/c1-3-23-18(22)13-19(2,20)12-14-9-10-16(17(21)11-14)15-7-5-4-6-8-15/h9-11,15H,3-8,12-13H2,1-2H3. The zero-order valence-electron chi connectivity index (χ0n) is 14.0. The van der Waals surface area contributed by atoms with Crippen LogP contribution in [0.15, 0.2) is 18.2 Å². The summed E-state index contributed by atoms with van der Waals surface area (Å²) < 4.78 is 19.4. The van der Waals surface area contributed by atoms with Crippen LogP contribution in [-0.2, 0) is 16.0 Å². The third-order valence-electron chi connectivity index (χ3n) is 4.50. The zero-order chi connectivity index (χ0) is 16.9. The van der Waals surface area contributed by atoms with Crippen LogP contribution in [0.3, 0.4) is 0 Å². The Bertz CT molecular complexity index is 536. The number of rotatable bonds is 6. The van der Waals surface area contributed by atoms with Gasteiger partial charge in [0.2, 0.25) is 0 Å². The maximum absolute atomic E-state index is 14.5. The lowest BCUT2D eigenvalue weighted by molar-refractivity contribution is -0.143. The lowest BCUT2D eigenvalue weighted by Gasteiger charge is -2.24. The van der Waals surface area contributed by atoms with E-state index < -0.39 is 4.87 Å². The summed E-state index contributed by atoms with van der Waals surface area (Å²) in [5.74, 6) is -0.109. The van der Waals surface area contributed by atoms with Crippen molar-refractivity contribution in [1.29, 1.82) is 0 Å². The van der Waals surface area contributed by atoms with Crippen molar-refractivity contribution >= 4 is 17.6 Å². The Hall–Kier alpha value is -1.09. The van der Waals surface area contributed by atoms with Crippen LogP contribution in [0.4, 0.5) is 4.39 Å². The molecule has 1 unspecified atom stereocenters. The highest BCUT2D eigenvalue weighted by Gasteiger charge is 2.27. The zero-order valence-corrected chi connectivity index (χ0v) is 14.8. The molecular weight excluding hydrogens is 315 g/mol. The van der Waals surface area contributed by atoms with Crippen LogP contribution in [0.25, 0.3) is 0 Å². The summed E-state index contributed by atoms with van der Waals surface area (Å²) in [6.07, 6.45) is 6.34. The summed E-state index contributed by atoms with van der Waals surface area (Å²) in [6, 6.07) is 5.42. The van der Waals surface area contributed by atoms with E-state index in [4.69, 9.17) is 16.3 Å². The van der Waals surface area contributed by atoms with E-state index in [0.29, 0.717) is 18.9 Å². The van der Waals surface area contributed by atoms with E-state index in [2.05, 4.69) is 0 Å². The van der Waals surface area contributed by atoms with Crippen LogP contribution in [0.2, 0.25) is 0 Å². The number of alkyl halides is 1. The summed E-state index contributed by atoms with van der Waals surface area (Å²) in [7, 11) is 0. The minimum absolute atomic E-state index is 0.119. The SMILES string of the molecule is CCOC(=O)CC(C)(Cl)Cc1ccc(C2CCCCC2)c(F)c1. The predicted octanol–water partition coefficient (Wildman–Crippen LogP) is 5.37. The lowest BCUT2D eigenvalue weighted by atomic mass is 9.83. The first kappa shape index (κ1) is 18.3. The molecule has 1 saturated carbocycles. The van der Waals surface area contributed by atoms with Gasteiger partial charge in [0, 0.05) is 0 Å². The van der Waals surface area contributed by atoms with Gasteiger partial charge in [-0.3, -0.25) is 4.79 Å². The largest absolute Gasteiger partial charge is 0.466 e. The summed E-state index contributed by atoms with van der Waals surface area (Å²) in [4.78, 5) is 10.8. The second-order valence-corrected chi connectivity index (χ2v) is 7.68. The Labute approximate surface area is 143 Å². The molecule has 1 aromatic carbocycles.